The van der Waals surface area contributed by atoms with E-state index in [4.69, 9.17) is 11.6 Å². The maximum absolute atomic E-state index is 11.7. The zero-order valence-corrected chi connectivity index (χ0v) is 11.4. The molecule has 1 aromatic heterocycles. The fraction of sp³-hybridized carbons (Fsp3) is 0.0714. The number of pyridine rings is 1. The molecule has 0 fully saturated rings. The molecule has 2 amide bonds. The number of nitrogens with zero attached hydrogens (tertiary/aromatic N) is 1. The quantitative estimate of drug-likeness (QED) is 0.835. The van der Waals surface area contributed by atoms with Crippen molar-refractivity contribution in [2.45, 2.75) is 6.92 Å². The minimum Gasteiger partial charge on any atom is -0.318 e. The molecule has 102 valence electrons. The number of aromatic nitrogens is 1. The lowest BCUT2D eigenvalue weighted by Crippen LogP contribution is -2.29. The minimum atomic E-state index is -0.776. The van der Waals surface area contributed by atoms with Crippen molar-refractivity contribution >= 4 is 34.9 Å². The highest BCUT2D eigenvalue weighted by atomic mass is 35.5. The van der Waals surface area contributed by atoms with E-state index >= 15 is 0 Å². The SMILES string of the molecule is Cc1cccnc1NC(=O)C(=O)Nc1ccc(Cl)cc1. The lowest BCUT2D eigenvalue weighted by Gasteiger charge is -2.07. The molecular formula is C14H12ClN3O2. The Hall–Kier alpha value is -2.40. The monoisotopic (exact) mass is 289 g/mol. The molecule has 0 aliphatic rings. The Morgan fingerprint density at radius 3 is 2.35 bits per heavy atom. The van der Waals surface area contributed by atoms with Crippen molar-refractivity contribution in [2.75, 3.05) is 10.6 Å². The van der Waals surface area contributed by atoms with Crippen molar-refractivity contribution < 1.29 is 9.59 Å². The molecule has 0 bridgehead atoms. The van der Waals surface area contributed by atoms with Gasteiger partial charge < -0.3 is 10.6 Å². The Balaban J connectivity index is 2.01. The van der Waals surface area contributed by atoms with Gasteiger partial charge in [0.1, 0.15) is 5.82 Å². The summed E-state index contributed by atoms with van der Waals surface area (Å²) in [6.45, 7) is 1.79. The number of benzene rings is 1. The van der Waals surface area contributed by atoms with E-state index in [1.165, 1.54) is 0 Å². The molecule has 1 heterocycles. The van der Waals surface area contributed by atoms with Gasteiger partial charge in [0.15, 0.2) is 0 Å². The van der Waals surface area contributed by atoms with Gasteiger partial charge in [0.05, 0.1) is 0 Å². The Labute approximate surface area is 121 Å². The number of carbonyl (C=O) groups excluding carboxylic acids is 2. The van der Waals surface area contributed by atoms with E-state index in [-0.39, 0.29) is 0 Å². The van der Waals surface area contributed by atoms with E-state index in [0.717, 1.165) is 5.56 Å². The van der Waals surface area contributed by atoms with Gasteiger partial charge in [-0.05, 0) is 42.8 Å². The average Bonchev–Trinajstić information content (AvgIpc) is 2.44. The van der Waals surface area contributed by atoms with E-state index in [2.05, 4.69) is 15.6 Å². The first-order valence-electron chi connectivity index (χ1n) is 5.86. The van der Waals surface area contributed by atoms with Gasteiger partial charge >= 0.3 is 11.8 Å². The summed E-state index contributed by atoms with van der Waals surface area (Å²) in [7, 11) is 0. The van der Waals surface area contributed by atoms with Crippen LogP contribution < -0.4 is 10.6 Å². The molecule has 20 heavy (non-hydrogen) atoms. The number of aryl methyl sites for hydroxylation is 1. The first-order chi connectivity index (χ1) is 9.56. The highest BCUT2D eigenvalue weighted by Crippen LogP contribution is 2.13. The molecule has 1 aromatic carbocycles. The first-order valence-corrected chi connectivity index (χ1v) is 6.23. The van der Waals surface area contributed by atoms with Crippen LogP contribution >= 0.6 is 11.6 Å². The second kappa shape index (κ2) is 6.16. The lowest BCUT2D eigenvalue weighted by molar-refractivity contribution is -0.133. The highest BCUT2D eigenvalue weighted by molar-refractivity contribution is 6.43. The van der Waals surface area contributed by atoms with Gasteiger partial charge in [0.25, 0.3) is 0 Å². The molecule has 0 radical (unpaired) electrons. The maximum atomic E-state index is 11.7. The van der Waals surface area contributed by atoms with Gasteiger partial charge in [-0.1, -0.05) is 17.7 Å². The Morgan fingerprint density at radius 2 is 1.70 bits per heavy atom. The number of carbonyl (C=O) groups is 2. The summed E-state index contributed by atoms with van der Waals surface area (Å²) >= 11 is 5.74. The maximum Gasteiger partial charge on any atom is 0.315 e. The number of halogens is 1. The molecule has 0 spiro atoms. The fourth-order valence-electron chi connectivity index (χ4n) is 1.50. The van der Waals surface area contributed by atoms with E-state index < -0.39 is 11.8 Å². The van der Waals surface area contributed by atoms with E-state index in [1.807, 2.05) is 0 Å². The van der Waals surface area contributed by atoms with Gasteiger partial charge in [-0.3, -0.25) is 9.59 Å². The fourth-order valence-corrected chi connectivity index (χ4v) is 1.63. The highest BCUT2D eigenvalue weighted by Gasteiger charge is 2.15. The summed E-state index contributed by atoms with van der Waals surface area (Å²) in [5.74, 6) is -1.18. The van der Waals surface area contributed by atoms with Crippen LogP contribution in [-0.2, 0) is 9.59 Å². The average molecular weight is 290 g/mol. The van der Waals surface area contributed by atoms with Crippen LogP contribution in [0.25, 0.3) is 0 Å². The van der Waals surface area contributed by atoms with Crippen LogP contribution in [0.1, 0.15) is 5.56 Å². The number of rotatable bonds is 2. The normalized spacial score (nSPS) is 9.90. The molecule has 0 unspecified atom stereocenters. The van der Waals surface area contributed by atoms with Crippen LogP contribution in [0.3, 0.4) is 0 Å². The molecular weight excluding hydrogens is 278 g/mol. The number of hydrogen-bond acceptors (Lipinski definition) is 3. The van der Waals surface area contributed by atoms with Gasteiger partial charge in [-0.25, -0.2) is 4.98 Å². The zero-order valence-electron chi connectivity index (χ0n) is 10.7. The smallest absolute Gasteiger partial charge is 0.315 e. The standard InChI is InChI=1S/C14H12ClN3O2/c1-9-3-2-8-16-12(9)18-14(20)13(19)17-11-6-4-10(15)5-7-11/h2-8H,1H3,(H,17,19)(H,16,18,20). The third-order valence-electron chi connectivity index (χ3n) is 2.55. The predicted octanol–water partition coefficient (Wildman–Crippen LogP) is 2.62. The van der Waals surface area contributed by atoms with Crippen molar-refractivity contribution in [2.24, 2.45) is 0 Å². The molecule has 0 saturated carbocycles. The topological polar surface area (TPSA) is 71.1 Å². The van der Waals surface area contributed by atoms with Gasteiger partial charge in [-0.15, -0.1) is 0 Å². The van der Waals surface area contributed by atoms with Gasteiger partial charge in [0.2, 0.25) is 0 Å². The number of anilines is 2. The molecule has 2 rings (SSSR count). The van der Waals surface area contributed by atoms with E-state index in [9.17, 15) is 9.59 Å². The number of nitrogens with one attached hydrogen (secondary N) is 2. The molecule has 5 nitrogen and oxygen atoms in total. The number of hydrogen-bond donors (Lipinski definition) is 2. The van der Waals surface area contributed by atoms with Crippen molar-refractivity contribution in [3.05, 3.63) is 53.2 Å². The molecule has 0 atom stereocenters. The molecule has 0 aliphatic heterocycles. The second-order valence-corrected chi connectivity index (χ2v) is 4.52. The zero-order chi connectivity index (χ0) is 14.5. The lowest BCUT2D eigenvalue weighted by atomic mass is 10.3. The molecule has 0 saturated heterocycles. The molecule has 6 heteroatoms. The van der Waals surface area contributed by atoms with Crippen LogP contribution in [0, 0.1) is 6.92 Å². The third kappa shape index (κ3) is 3.55. The molecule has 2 aromatic rings. The van der Waals surface area contributed by atoms with Gasteiger partial charge in [0, 0.05) is 16.9 Å². The number of amides is 2. The predicted molar refractivity (Wildman–Crippen MR) is 77.7 cm³/mol. The Morgan fingerprint density at radius 1 is 1.05 bits per heavy atom. The Bertz CT molecular complexity index is 641. The summed E-state index contributed by atoms with van der Waals surface area (Å²) in [6, 6.07) is 10.0. The summed E-state index contributed by atoms with van der Waals surface area (Å²) in [5.41, 5.74) is 1.27. The van der Waals surface area contributed by atoms with Crippen LogP contribution in [0.2, 0.25) is 5.02 Å². The molecule has 2 N–H and O–H groups in total. The first kappa shape index (κ1) is 14.0. The minimum absolute atomic E-state index is 0.365. The third-order valence-corrected chi connectivity index (χ3v) is 2.80. The van der Waals surface area contributed by atoms with Crippen molar-refractivity contribution in [1.29, 1.82) is 0 Å². The van der Waals surface area contributed by atoms with Crippen molar-refractivity contribution in [3.63, 3.8) is 0 Å². The Kier molecular flexibility index (Phi) is 4.32. The largest absolute Gasteiger partial charge is 0.318 e. The van der Waals surface area contributed by atoms with Gasteiger partial charge in [-0.2, -0.15) is 0 Å². The van der Waals surface area contributed by atoms with E-state index in [1.54, 1.807) is 49.5 Å². The van der Waals surface area contributed by atoms with Crippen LogP contribution in [-0.4, -0.2) is 16.8 Å². The molecule has 0 aliphatic carbocycles. The summed E-state index contributed by atoms with van der Waals surface area (Å²) in [4.78, 5) is 27.5. The van der Waals surface area contributed by atoms with E-state index in [0.29, 0.717) is 16.5 Å². The second-order valence-electron chi connectivity index (χ2n) is 4.08. The van der Waals surface area contributed by atoms with Crippen molar-refractivity contribution in [1.82, 2.24) is 4.98 Å². The van der Waals surface area contributed by atoms with Crippen LogP contribution in [0.4, 0.5) is 11.5 Å². The summed E-state index contributed by atoms with van der Waals surface area (Å²) in [6.07, 6.45) is 1.54. The van der Waals surface area contributed by atoms with Crippen LogP contribution in [0.5, 0.6) is 0 Å². The van der Waals surface area contributed by atoms with Crippen LogP contribution in [0.15, 0.2) is 42.6 Å². The van der Waals surface area contributed by atoms with Crippen molar-refractivity contribution in [3.8, 4) is 0 Å². The summed E-state index contributed by atoms with van der Waals surface area (Å²) in [5, 5.41) is 5.48. The summed E-state index contributed by atoms with van der Waals surface area (Å²) < 4.78 is 0.